The second kappa shape index (κ2) is 5.92. The maximum absolute atomic E-state index is 12.5. The molecule has 21 heavy (non-hydrogen) atoms. The van der Waals surface area contributed by atoms with Crippen molar-refractivity contribution < 1.29 is 23.4 Å². The smallest absolute Gasteiger partial charge is 0.416 e. The van der Waals surface area contributed by atoms with E-state index in [-0.39, 0.29) is 23.6 Å². The van der Waals surface area contributed by atoms with Crippen molar-refractivity contribution in [2.24, 2.45) is 10.2 Å². The van der Waals surface area contributed by atoms with Crippen LogP contribution in [0.3, 0.4) is 0 Å². The molecule has 0 aliphatic rings. The monoisotopic (exact) mass is 296 g/mol. The van der Waals surface area contributed by atoms with E-state index in [0.717, 1.165) is 12.1 Å². The van der Waals surface area contributed by atoms with Crippen molar-refractivity contribution in [3.8, 4) is 5.75 Å². The van der Waals surface area contributed by atoms with Crippen molar-refractivity contribution in [1.29, 1.82) is 0 Å². The number of nitrogens with zero attached hydrogens (tertiary/aromatic N) is 2. The highest BCUT2D eigenvalue weighted by atomic mass is 19.4. The average Bonchev–Trinajstić information content (AvgIpc) is 2.46. The van der Waals surface area contributed by atoms with E-state index in [4.69, 9.17) is 5.11 Å². The number of hydrogen-bond acceptors (Lipinski definition) is 4. The van der Waals surface area contributed by atoms with E-state index in [1.807, 2.05) is 0 Å². The average molecular weight is 296 g/mol. The maximum atomic E-state index is 12.5. The predicted octanol–water partition coefficient (Wildman–Crippen LogP) is 4.32. The molecule has 0 aromatic heterocycles. The Bertz CT molecular complexity index is 670. The van der Waals surface area contributed by atoms with E-state index < -0.39 is 11.7 Å². The van der Waals surface area contributed by atoms with Gasteiger partial charge in [-0.05, 0) is 36.4 Å². The zero-order chi connectivity index (χ0) is 15.5. The minimum Gasteiger partial charge on any atom is -0.508 e. The molecule has 7 heteroatoms. The largest absolute Gasteiger partial charge is 0.508 e. The summed E-state index contributed by atoms with van der Waals surface area (Å²) in [5, 5.41) is 25.9. The minimum atomic E-state index is -4.44. The molecule has 0 unspecified atom stereocenters. The lowest BCUT2D eigenvalue weighted by Gasteiger charge is -2.06. The second-order valence-electron chi connectivity index (χ2n) is 4.22. The highest BCUT2D eigenvalue weighted by molar-refractivity contribution is 5.47. The van der Waals surface area contributed by atoms with Gasteiger partial charge < -0.3 is 10.2 Å². The van der Waals surface area contributed by atoms with Crippen LogP contribution in [0.1, 0.15) is 11.1 Å². The fourth-order valence-corrected chi connectivity index (χ4v) is 1.62. The zero-order valence-corrected chi connectivity index (χ0v) is 10.7. The topological polar surface area (TPSA) is 65.2 Å². The Balaban J connectivity index is 2.25. The molecule has 0 spiro atoms. The Morgan fingerprint density at radius 3 is 2.24 bits per heavy atom. The Morgan fingerprint density at radius 2 is 1.62 bits per heavy atom. The molecule has 4 nitrogen and oxygen atoms in total. The molecule has 0 bridgehead atoms. The lowest BCUT2D eigenvalue weighted by molar-refractivity contribution is -0.137. The highest BCUT2D eigenvalue weighted by Crippen LogP contribution is 2.32. The lowest BCUT2D eigenvalue weighted by atomic mass is 10.2. The fourth-order valence-electron chi connectivity index (χ4n) is 1.62. The van der Waals surface area contributed by atoms with Crippen LogP contribution in [0.15, 0.2) is 52.7 Å². The number of alkyl halides is 3. The van der Waals surface area contributed by atoms with E-state index in [2.05, 4.69) is 10.2 Å². The predicted molar refractivity (Wildman–Crippen MR) is 69.6 cm³/mol. The molecule has 0 saturated heterocycles. The normalized spacial score (nSPS) is 12.0. The molecular weight excluding hydrogens is 285 g/mol. The fraction of sp³-hybridized carbons (Fsp3) is 0.143. The number of phenols is 1. The summed E-state index contributed by atoms with van der Waals surface area (Å²) in [5.74, 6) is -0.0875. The molecule has 0 heterocycles. The summed E-state index contributed by atoms with van der Waals surface area (Å²) in [5.41, 5.74) is -0.172. The van der Waals surface area contributed by atoms with Crippen molar-refractivity contribution in [2.45, 2.75) is 12.8 Å². The molecule has 0 aliphatic heterocycles. The van der Waals surface area contributed by atoms with Gasteiger partial charge in [0.2, 0.25) is 0 Å². The third-order valence-electron chi connectivity index (χ3n) is 2.69. The van der Waals surface area contributed by atoms with Gasteiger partial charge in [-0.2, -0.15) is 23.4 Å². The molecule has 110 valence electrons. The van der Waals surface area contributed by atoms with E-state index in [0.29, 0.717) is 5.69 Å². The molecular formula is C14H11F3N2O2. The van der Waals surface area contributed by atoms with E-state index in [1.165, 1.54) is 30.3 Å². The van der Waals surface area contributed by atoms with Crippen LogP contribution in [0, 0.1) is 0 Å². The Kier molecular flexibility index (Phi) is 4.23. The number of aliphatic hydroxyl groups is 1. The summed E-state index contributed by atoms with van der Waals surface area (Å²) in [6, 6.07) is 8.63. The van der Waals surface area contributed by atoms with Gasteiger partial charge in [0, 0.05) is 5.56 Å². The molecule has 0 radical (unpaired) electrons. The van der Waals surface area contributed by atoms with Gasteiger partial charge in [0.25, 0.3) is 0 Å². The number of halogens is 3. The SMILES string of the molecule is OCc1cc(N=Nc2cccc(C(F)(F)F)c2)ccc1O. The van der Waals surface area contributed by atoms with Gasteiger partial charge in [0.05, 0.1) is 23.5 Å². The summed E-state index contributed by atoms with van der Waals surface area (Å²) in [6.45, 7) is -0.376. The van der Waals surface area contributed by atoms with Crippen LogP contribution in [0.2, 0.25) is 0 Å². The van der Waals surface area contributed by atoms with Gasteiger partial charge >= 0.3 is 6.18 Å². The molecule has 2 N–H and O–H groups in total. The molecule has 0 atom stereocenters. The van der Waals surface area contributed by atoms with Crippen LogP contribution in [-0.2, 0) is 12.8 Å². The standard InChI is InChI=1S/C14H11F3N2O2/c15-14(16,17)10-2-1-3-11(7-10)18-19-12-4-5-13(21)9(6-12)8-20/h1-7,20-21H,8H2. The zero-order valence-electron chi connectivity index (χ0n) is 10.7. The maximum Gasteiger partial charge on any atom is 0.416 e. The molecule has 0 saturated carbocycles. The summed E-state index contributed by atoms with van der Waals surface area (Å²) in [4.78, 5) is 0. The number of aromatic hydroxyl groups is 1. The Labute approximate surface area is 118 Å². The first-order valence-corrected chi connectivity index (χ1v) is 5.92. The number of benzene rings is 2. The Morgan fingerprint density at radius 1 is 0.952 bits per heavy atom. The van der Waals surface area contributed by atoms with Gasteiger partial charge in [-0.3, -0.25) is 0 Å². The molecule has 2 aromatic carbocycles. The number of azo groups is 1. The Hall–Kier alpha value is -2.41. The van der Waals surface area contributed by atoms with Crippen molar-refractivity contribution in [2.75, 3.05) is 0 Å². The summed E-state index contributed by atoms with van der Waals surface area (Å²) in [6.07, 6.45) is -4.44. The lowest BCUT2D eigenvalue weighted by Crippen LogP contribution is -2.03. The van der Waals surface area contributed by atoms with E-state index in [9.17, 15) is 18.3 Å². The number of aliphatic hydroxyl groups excluding tert-OH is 1. The van der Waals surface area contributed by atoms with Gasteiger partial charge in [-0.25, -0.2) is 0 Å². The van der Waals surface area contributed by atoms with Crippen LogP contribution in [0.5, 0.6) is 5.75 Å². The van der Waals surface area contributed by atoms with Crippen molar-refractivity contribution >= 4 is 11.4 Å². The quantitative estimate of drug-likeness (QED) is 0.828. The first kappa shape index (κ1) is 15.0. The molecule has 0 amide bonds. The molecule has 0 fully saturated rings. The third-order valence-corrected chi connectivity index (χ3v) is 2.69. The van der Waals surface area contributed by atoms with Gasteiger partial charge in [-0.1, -0.05) is 6.07 Å². The van der Waals surface area contributed by atoms with Crippen molar-refractivity contribution in [1.82, 2.24) is 0 Å². The number of rotatable bonds is 3. The van der Waals surface area contributed by atoms with E-state index >= 15 is 0 Å². The second-order valence-corrected chi connectivity index (χ2v) is 4.22. The van der Waals surface area contributed by atoms with Gasteiger partial charge in [0.15, 0.2) is 0 Å². The highest BCUT2D eigenvalue weighted by Gasteiger charge is 2.30. The summed E-state index contributed by atoms with van der Waals surface area (Å²) >= 11 is 0. The van der Waals surface area contributed by atoms with Crippen LogP contribution in [0.25, 0.3) is 0 Å². The van der Waals surface area contributed by atoms with E-state index in [1.54, 1.807) is 0 Å². The molecule has 0 aliphatic carbocycles. The van der Waals surface area contributed by atoms with Crippen molar-refractivity contribution in [3.63, 3.8) is 0 Å². The van der Waals surface area contributed by atoms with Crippen LogP contribution in [0.4, 0.5) is 24.5 Å². The molecule has 2 rings (SSSR count). The summed E-state index contributed by atoms with van der Waals surface area (Å²) in [7, 11) is 0. The number of hydrogen-bond donors (Lipinski definition) is 2. The minimum absolute atomic E-state index is 0.0587. The first-order chi connectivity index (χ1) is 9.90. The van der Waals surface area contributed by atoms with Gasteiger partial charge in [0.1, 0.15) is 5.75 Å². The molecule has 2 aromatic rings. The van der Waals surface area contributed by atoms with Crippen molar-refractivity contribution in [3.05, 3.63) is 53.6 Å². The van der Waals surface area contributed by atoms with Crippen LogP contribution >= 0.6 is 0 Å². The third kappa shape index (κ3) is 3.79. The van der Waals surface area contributed by atoms with Crippen LogP contribution in [-0.4, -0.2) is 10.2 Å². The summed E-state index contributed by atoms with van der Waals surface area (Å²) < 4.78 is 37.6. The van der Waals surface area contributed by atoms with Crippen LogP contribution < -0.4 is 0 Å². The first-order valence-electron chi connectivity index (χ1n) is 5.92. The van der Waals surface area contributed by atoms with Gasteiger partial charge in [-0.15, -0.1) is 0 Å².